The fraction of sp³-hybridized carbons (Fsp3) is 0.526. The zero-order chi connectivity index (χ0) is 21.7. The monoisotopic (exact) mass is 400 g/mol. The number of hydrogen-bond acceptors (Lipinski definition) is 6. The lowest BCUT2D eigenvalue weighted by Crippen LogP contribution is -2.17. The Balaban J connectivity index is 0.00000352. The summed E-state index contributed by atoms with van der Waals surface area (Å²) in [5.41, 5.74) is 11.6. The van der Waals surface area contributed by atoms with E-state index < -0.39 is 24.5 Å². The summed E-state index contributed by atoms with van der Waals surface area (Å²) in [7, 11) is 1.50. The van der Waals surface area contributed by atoms with Crippen molar-refractivity contribution in [1.29, 1.82) is 0 Å². The molecule has 5 N–H and O–H groups in total. The second-order valence-corrected chi connectivity index (χ2v) is 5.74. The molecule has 0 fully saturated rings. The minimum atomic E-state index is -2.93. The molecule has 0 aliphatic heterocycles. The Kier molecular flexibility index (Phi) is 12.4. The molecule has 0 aromatic carbocycles. The van der Waals surface area contributed by atoms with Gasteiger partial charge in [-0.05, 0) is 31.4 Å². The van der Waals surface area contributed by atoms with Crippen LogP contribution in [0, 0.1) is 5.92 Å². The van der Waals surface area contributed by atoms with Gasteiger partial charge in [0, 0.05) is 25.1 Å². The summed E-state index contributed by atoms with van der Waals surface area (Å²) in [4.78, 5) is 18.3. The molecule has 0 radical (unpaired) electrons. The summed E-state index contributed by atoms with van der Waals surface area (Å²) >= 11 is 0. The van der Waals surface area contributed by atoms with Crippen molar-refractivity contribution in [3.05, 3.63) is 41.5 Å². The lowest BCUT2D eigenvalue weighted by molar-refractivity contribution is -0.141. The van der Waals surface area contributed by atoms with Crippen molar-refractivity contribution in [1.82, 2.24) is 4.98 Å². The smallest absolute Gasteiger partial charge is 0.332 e. The van der Waals surface area contributed by atoms with Crippen LogP contribution in [0.2, 0.25) is 0 Å². The van der Waals surface area contributed by atoms with Crippen LogP contribution in [0.25, 0.3) is 0 Å². The van der Waals surface area contributed by atoms with Crippen molar-refractivity contribution in [2.45, 2.75) is 52.7 Å². The number of pyridine rings is 1. The van der Waals surface area contributed by atoms with Gasteiger partial charge in [-0.3, -0.25) is 9.78 Å². The molecule has 0 aliphatic rings. The number of nitrogens with zero attached hydrogens (tertiary/aromatic N) is 2. The van der Waals surface area contributed by atoms with Crippen LogP contribution in [-0.2, 0) is 9.53 Å². The van der Waals surface area contributed by atoms with Crippen molar-refractivity contribution in [3.8, 4) is 0 Å². The summed E-state index contributed by atoms with van der Waals surface area (Å²) in [6.45, 7) is 2.70. The first-order valence-corrected chi connectivity index (χ1v) is 9.05. The maximum atomic E-state index is 12.7. The Morgan fingerprint density at radius 1 is 1.39 bits per heavy atom. The predicted octanol–water partition coefficient (Wildman–Crippen LogP) is 3.46. The van der Waals surface area contributed by atoms with Crippen molar-refractivity contribution in [2.24, 2.45) is 22.4 Å². The number of ether oxygens (including phenoxy) is 1. The molecule has 1 aromatic heterocycles. The normalized spacial score (nSPS) is 14.2. The number of halogens is 2. The van der Waals surface area contributed by atoms with Crippen molar-refractivity contribution in [2.75, 3.05) is 7.11 Å². The van der Waals surface area contributed by atoms with E-state index in [0.29, 0.717) is 30.5 Å². The van der Waals surface area contributed by atoms with Crippen LogP contribution < -0.4 is 11.5 Å². The molecule has 0 aliphatic carbocycles. The van der Waals surface area contributed by atoms with E-state index in [0.717, 1.165) is 6.20 Å². The maximum Gasteiger partial charge on any atom is 0.332 e. The Bertz CT molecular complexity index is 666. The molecule has 1 aromatic rings. The van der Waals surface area contributed by atoms with Gasteiger partial charge in [0.05, 0.1) is 29.1 Å². The highest BCUT2D eigenvalue weighted by Crippen LogP contribution is 2.24. The molecular weight excluding hydrogens is 370 g/mol. The van der Waals surface area contributed by atoms with Gasteiger partial charge in [0.15, 0.2) is 0 Å². The summed E-state index contributed by atoms with van der Waals surface area (Å²) in [5, 5.41) is 8.92. The van der Waals surface area contributed by atoms with Gasteiger partial charge in [-0.2, -0.15) is 8.78 Å². The fourth-order valence-corrected chi connectivity index (χ4v) is 2.38. The van der Waals surface area contributed by atoms with Gasteiger partial charge in [0.1, 0.15) is 0 Å². The van der Waals surface area contributed by atoms with Gasteiger partial charge in [-0.1, -0.05) is 20.8 Å². The van der Waals surface area contributed by atoms with Gasteiger partial charge < -0.3 is 21.3 Å². The molecule has 158 valence electrons. The second kappa shape index (κ2) is 13.6. The molecule has 0 saturated heterocycles. The number of allylic oxidation sites excluding steroid dienone is 1. The van der Waals surface area contributed by atoms with E-state index in [4.69, 9.17) is 21.3 Å². The molecule has 9 heteroatoms. The topological polar surface area (TPSA) is 124 Å². The van der Waals surface area contributed by atoms with E-state index in [2.05, 4.69) is 9.98 Å². The lowest BCUT2D eigenvalue weighted by atomic mass is 10.00. The number of nitrogens with two attached hydrogens (primary N) is 2. The van der Waals surface area contributed by atoms with Gasteiger partial charge in [-0.25, -0.2) is 4.99 Å². The zero-order valence-electron chi connectivity index (χ0n) is 16.7. The van der Waals surface area contributed by atoms with Crippen LogP contribution in [0.5, 0.6) is 0 Å². The van der Waals surface area contributed by atoms with Crippen LogP contribution >= 0.6 is 0 Å². The average molecular weight is 400 g/mol. The fourth-order valence-electron chi connectivity index (χ4n) is 2.38. The lowest BCUT2D eigenvalue weighted by Gasteiger charge is -2.17. The Hall–Kier alpha value is -2.55. The third-order valence-electron chi connectivity index (χ3n) is 3.87. The second-order valence-electron chi connectivity index (χ2n) is 5.74. The molecule has 1 rings (SSSR count). The summed E-state index contributed by atoms with van der Waals surface area (Å²) in [6, 6.07) is 3.06. The van der Waals surface area contributed by atoms with Crippen molar-refractivity contribution < 1.29 is 23.4 Å². The molecule has 2 unspecified atom stereocenters. The molecule has 7 nitrogen and oxygen atoms in total. The minimum Gasteiger partial charge on any atom is -0.481 e. The average Bonchev–Trinajstić information content (AvgIpc) is 2.70. The number of aromatic nitrogens is 1. The molecule has 0 amide bonds. The van der Waals surface area contributed by atoms with Crippen LogP contribution in [0.15, 0.2) is 35.2 Å². The molecule has 1 heterocycles. The van der Waals surface area contributed by atoms with Crippen molar-refractivity contribution in [3.63, 3.8) is 0 Å². The quantitative estimate of drug-likeness (QED) is 0.408. The number of carbonyl (C=O) groups is 1. The van der Waals surface area contributed by atoms with Gasteiger partial charge in [0.25, 0.3) is 0 Å². The summed E-state index contributed by atoms with van der Waals surface area (Å²) < 4.78 is 30.8. The van der Waals surface area contributed by atoms with E-state index in [1.807, 2.05) is 13.8 Å². The third kappa shape index (κ3) is 8.43. The number of alkyl halides is 2. The number of rotatable bonds is 10. The number of carboxylic acids is 1. The van der Waals surface area contributed by atoms with Crippen LogP contribution in [0.4, 0.5) is 8.78 Å². The number of aliphatic carboxylic acids is 1. The highest BCUT2D eigenvalue weighted by atomic mass is 19.3. The SMILES string of the molecule is CC.COC(CCCC(C)C(=O)O)c1cc(C(=N\C(F)F)/C(N)=C\N)ccn1. The standard InChI is InChI=1S/C17H24F2N4O3.C2H6/c1-10(16(24)25)4-3-5-14(26-2)13-8-11(6-7-22-13)15(12(21)9-20)23-17(18)19;1-2/h6-10,14,17H,3-5,20-21H2,1-2H3,(H,24,25);1-2H3/b12-9+,23-15+;. The number of hydrogen-bond donors (Lipinski definition) is 3. The van der Waals surface area contributed by atoms with Crippen LogP contribution in [0.1, 0.15) is 57.4 Å². The molecule has 2 atom stereocenters. The Labute approximate surface area is 164 Å². The Morgan fingerprint density at radius 3 is 2.54 bits per heavy atom. The minimum absolute atomic E-state index is 0.0771. The van der Waals surface area contributed by atoms with Crippen LogP contribution in [0.3, 0.4) is 0 Å². The third-order valence-corrected chi connectivity index (χ3v) is 3.87. The largest absolute Gasteiger partial charge is 0.481 e. The molecule has 28 heavy (non-hydrogen) atoms. The predicted molar refractivity (Wildman–Crippen MR) is 105 cm³/mol. The Morgan fingerprint density at radius 2 is 2.04 bits per heavy atom. The molecule has 0 spiro atoms. The summed E-state index contributed by atoms with van der Waals surface area (Å²) in [6.07, 6.45) is 3.68. The zero-order valence-corrected chi connectivity index (χ0v) is 16.7. The van der Waals surface area contributed by atoms with Gasteiger partial charge in [-0.15, -0.1) is 0 Å². The first-order chi connectivity index (χ1) is 13.3. The highest BCUT2D eigenvalue weighted by Gasteiger charge is 2.17. The summed E-state index contributed by atoms with van der Waals surface area (Å²) in [5.74, 6) is -1.30. The number of methoxy groups -OCH3 is 1. The first kappa shape index (κ1) is 25.4. The van der Waals surface area contributed by atoms with Crippen molar-refractivity contribution >= 4 is 11.7 Å². The molecule has 0 saturated carbocycles. The van der Waals surface area contributed by atoms with Gasteiger partial charge >= 0.3 is 12.5 Å². The van der Waals surface area contributed by atoms with Crippen LogP contribution in [-0.4, -0.2) is 35.4 Å². The maximum absolute atomic E-state index is 12.7. The number of aliphatic imine (C=N–C) groups is 1. The van der Waals surface area contributed by atoms with E-state index in [-0.39, 0.29) is 11.4 Å². The van der Waals surface area contributed by atoms with E-state index >= 15 is 0 Å². The van der Waals surface area contributed by atoms with E-state index in [1.54, 1.807) is 13.0 Å². The van der Waals surface area contributed by atoms with Gasteiger partial charge in [0.2, 0.25) is 0 Å². The van der Waals surface area contributed by atoms with E-state index in [1.165, 1.54) is 19.4 Å². The molecular formula is C19H30F2N4O3. The molecule has 0 bridgehead atoms. The number of carboxylic acid groups (broad SMARTS) is 1. The van der Waals surface area contributed by atoms with E-state index in [9.17, 15) is 13.6 Å². The highest BCUT2D eigenvalue weighted by molar-refractivity contribution is 6.12. The first-order valence-electron chi connectivity index (χ1n) is 9.05.